The van der Waals surface area contributed by atoms with Crippen LogP contribution in [0.4, 0.5) is 5.69 Å². The molecule has 1 aliphatic rings. The van der Waals surface area contributed by atoms with Crippen molar-refractivity contribution in [2.24, 2.45) is 0 Å². The van der Waals surface area contributed by atoms with Crippen molar-refractivity contribution in [3.8, 4) is 0 Å². The maximum absolute atomic E-state index is 12.2. The zero-order chi connectivity index (χ0) is 16.3. The number of carbonyl (C=O) groups is 1. The molecule has 2 aromatic carbocycles. The molecule has 1 aliphatic heterocycles. The van der Waals surface area contributed by atoms with Gasteiger partial charge in [0, 0.05) is 17.8 Å². The molecule has 0 atom stereocenters. The number of rotatable bonds is 5. The fraction of sp³-hybridized carbons (Fsp3) is 0.235. The molecule has 120 valence electrons. The van der Waals surface area contributed by atoms with Crippen molar-refractivity contribution in [2.75, 3.05) is 17.0 Å². The van der Waals surface area contributed by atoms with Gasteiger partial charge in [-0.25, -0.2) is 8.42 Å². The van der Waals surface area contributed by atoms with Crippen LogP contribution in [0.3, 0.4) is 0 Å². The molecule has 0 fully saturated rings. The monoisotopic (exact) mass is 330 g/mol. The average Bonchev–Trinajstić information content (AvgIpc) is 2.55. The number of hydrogen-bond acceptors (Lipinski definition) is 3. The van der Waals surface area contributed by atoms with Crippen LogP contribution in [0.1, 0.15) is 21.5 Å². The Balaban J connectivity index is 1.71. The molecule has 0 bridgehead atoms. The SMILES string of the molecule is O=C1NCCc2ccc(NS(=O)(=O)CCc3ccccc3)cc21. The van der Waals surface area contributed by atoms with Gasteiger partial charge in [0.05, 0.1) is 5.75 Å². The summed E-state index contributed by atoms with van der Waals surface area (Å²) in [6.45, 7) is 0.619. The van der Waals surface area contributed by atoms with E-state index in [0.717, 1.165) is 17.5 Å². The van der Waals surface area contributed by atoms with Crippen molar-refractivity contribution in [2.45, 2.75) is 12.8 Å². The summed E-state index contributed by atoms with van der Waals surface area (Å²) < 4.78 is 27.0. The quantitative estimate of drug-likeness (QED) is 0.880. The minimum Gasteiger partial charge on any atom is -0.352 e. The first-order valence-corrected chi connectivity index (χ1v) is 9.14. The zero-order valence-electron chi connectivity index (χ0n) is 12.6. The molecule has 0 saturated heterocycles. The van der Waals surface area contributed by atoms with Crippen LogP contribution in [0.5, 0.6) is 0 Å². The molecule has 23 heavy (non-hydrogen) atoms. The molecule has 0 aliphatic carbocycles. The van der Waals surface area contributed by atoms with Crippen molar-refractivity contribution >= 4 is 21.6 Å². The first-order chi connectivity index (χ1) is 11.0. The fourth-order valence-corrected chi connectivity index (χ4v) is 3.70. The Bertz CT molecular complexity index is 817. The summed E-state index contributed by atoms with van der Waals surface area (Å²) in [5.41, 5.74) is 2.89. The molecule has 2 N–H and O–H groups in total. The predicted octanol–water partition coefficient (Wildman–Crippen LogP) is 1.96. The van der Waals surface area contributed by atoms with E-state index in [1.807, 2.05) is 36.4 Å². The highest BCUT2D eigenvalue weighted by Crippen LogP contribution is 2.20. The summed E-state index contributed by atoms with van der Waals surface area (Å²) >= 11 is 0. The lowest BCUT2D eigenvalue weighted by molar-refractivity contribution is 0.0946. The van der Waals surface area contributed by atoms with Gasteiger partial charge in [-0.1, -0.05) is 36.4 Å². The van der Waals surface area contributed by atoms with Crippen molar-refractivity contribution in [1.82, 2.24) is 5.32 Å². The molecule has 2 aromatic rings. The highest BCUT2D eigenvalue weighted by atomic mass is 32.2. The van der Waals surface area contributed by atoms with Gasteiger partial charge in [0.25, 0.3) is 5.91 Å². The van der Waals surface area contributed by atoms with Crippen LogP contribution in [-0.2, 0) is 22.9 Å². The van der Waals surface area contributed by atoms with Crippen LogP contribution < -0.4 is 10.0 Å². The van der Waals surface area contributed by atoms with Crippen LogP contribution in [0, 0.1) is 0 Å². The molecule has 0 aromatic heterocycles. The van der Waals surface area contributed by atoms with Crippen molar-refractivity contribution in [3.63, 3.8) is 0 Å². The van der Waals surface area contributed by atoms with Gasteiger partial charge in [-0.2, -0.15) is 0 Å². The van der Waals surface area contributed by atoms with Crippen molar-refractivity contribution < 1.29 is 13.2 Å². The Hall–Kier alpha value is -2.34. The number of nitrogens with one attached hydrogen (secondary N) is 2. The zero-order valence-corrected chi connectivity index (χ0v) is 13.4. The van der Waals surface area contributed by atoms with Crippen LogP contribution in [0.25, 0.3) is 0 Å². The molecule has 1 heterocycles. The van der Waals surface area contributed by atoms with E-state index in [4.69, 9.17) is 0 Å². The lowest BCUT2D eigenvalue weighted by atomic mass is 10.00. The Labute approximate surface area is 135 Å². The van der Waals surface area contributed by atoms with Gasteiger partial charge in [0.15, 0.2) is 0 Å². The van der Waals surface area contributed by atoms with E-state index in [1.54, 1.807) is 12.1 Å². The van der Waals surface area contributed by atoms with Gasteiger partial charge in [0.2, 0.25) is 10.0 Å². The summed E-state index contributed by atoms with van der Waals surface area (Å²) in [4.78, 5) is 11.8. The third-order valence-corrected chi connectivity index (χ3v) is 5.10. The lowest BCUT2D eigenvalue weighted by Crippen LogP contribution is -2.31. The number of sulfonamides is 1. The molecule has 0 unspecified atom stereocenters. The number of amides is 1. The second kappa shape index (κ2) is 6.42. The highest BCUT2D eigenvalue weighted by Gasteiger charge is 2.18. The van der Waals surface area contributed by atoms with E-state index in [1.165, 1.54) is 0 Å². The second-order valence-electron chi connectivity index (χ2n) is 5.53. The van der Waals surface area contributed by atoms with Gasteiger partial charge < -0.3 is 5.32 Å². The van der Waals surface area contributed by atoms with E-state index >= 15 is 0 Å². The number of hydrogen-bond donors (Lipinski definition) is 2. The van der Waals surface area contributed by atoms with Crippen LogP contribution in [0.15, 0.2) is 48.5 Å². The van der Waals surface area contributed by atoms with Crippen molar-refractivity contribution in [3.05, 3.63) is 65.2 Å². The normalized spacial score (nSPS) is 14.0. The number of benzene rings is 2. The van der Waals surface area contributed by atoms with Crippen LogP contribution in [0.2, 0.25) is 0 Å². The summed E-state index contributed by atoms with van der Waals surface area (Å²) in [5, 5.41) is 2.76. The average molecular weight is 330 g/mol. The summed E-state index contributed by atoms with van der Waals surface area (Å²) in [7, 11) is -3.46. The third-order valence-electron chi connectivity index (χ3n) is 3.81. The van der Waals surface area contributed by atoms with E-state index in [-0.39, 0.29) is 11.7 Å². The van der Waals surface area contributed by atoms with Crippen LogP contribution >= 0.6 is 0 Å². The molecule has 0 radical (unpaired) electrons. The third kappa shape index (κ3) is 3.90. The number of fused-ring (bicyclic) bond motifs is 1. The summed E-state index contributed by atoms with van der Waals surface area (Å²) in [5.74, 6) is -0.156. The Morgan fingerprint density at radius 3 is 2.65 bits per heavy atom. The van der Waals surface area contributed by atoms with Crippen LogP contribution in [-0.4, -0.2) is 26.6 Å². The largest absolute Gasteiger partial charge is 0.352 e. The van der Waals surface area contributed by atoms with E-state index in [9.17, 15) is 13.2 Å². The first-order valence-electron chi connectivity index (χ1n) is 7.49. The number of carbonyl (C=O) groups excluding carboxylic acids is 1. The van der Waals surface area contributed by atoms with E-state index < -0.39 is 10.0 Å². The van der Waals surface area contributed by atoms with Gasteiger partial charge in [-0.15, -0.1) is 0 Å². The van der Waals surface area contributed by atoms with Crippen molar-refractivity contribution in [1.29, 1.82) is 0 Å². The molecule has 0 spiro atoms. The molecule has 5 nitrogen and oxygen atoms in total. The number of anilines is 1. The maximum Gasteiger partial charge on any atom is 0.251 e. The molecule has 1 amide bonds. The molecule has 0 saturated carbocycles. The summed E-state index contributed by atoms with van der Waals surface area (Å²) in [6.07, 6.45) is 1.21. The predicted molar refractivity (Wildman–Crippen MR) is 90.0 cm³/mol. The van der Waals surface area contributed by atoms with Gasteiger partial charge >= 0.3 is 0 Å². The fourth-order valence-electron chi connectivity index (χ4n) is 2.60. The smallest absolute Gasteiger partial charge is 0.251 e. The standard InChI is InChI=1S/C17H18N2O3S/c20-17-16-12-15(7-6-14(16)8-10-18-17)19-23(21,22)11-9-13-4-2-1-3-5-13/h1-7,12,19H,8-11H2,(H,18,20). The lowest BCUT2D eigenvalue weighted by Gasteiger charge is -2.17. The minimum absolute atomic E-state index is 0.000292. The molecule has 6 heteroatoms. The Kier molecular flexibility index (Phi) is 4.34. The molecule has 3 rings (SSSR count). The molecular weight excluding hydrogens is 312 g/mol. The highest BCUT2D eigenvalue weighted by molar-refractivity contribution is 7.92. The topological polar surface area (TPSA) is 75.3 Å². The minimum atomic E-state index is -3.46. The van der Waals surface area contributed by atoms with Gasteiger partial charge in [-0.3, -0.25) is 9.52 Å². The molecular formula is C17H18N2O3S. The first kappa shape index (κ1) is 15.6. The van der Waals surface area contributed by atoms with E-state index in [0.29, 0.717) is 24.2 Å². The number of aryl methyl sites for hydroxylation is 1. The Morgan fingerprint density at radius 1 is 1.09 bits per heavy atom. The Morgan fingerprint density at radius 2 is 1.87 bits per heavy atom. The summed E-state index contributed by atoms with van der Waals surface area (Å²) in [6, 6.07) is 14.6. The van der Waals surface area contributed by atoms with E-state index in [2.05, 4.69) is 10.0 Å². The second-order valence-corrected chi connectivity index (χ2v) is 7.38. The van der Waals surface area contributed by atoms with Gasteiger partial charge in [-0.05, 0) is 36.1 Å². The van der Waals surface area contributed by atoms with Gasteiger partial charge in [0.1, 0.15) is 0 Å². The maximum atomic E-state index is 12.2.